The summed E-state index contributed by atoms with van der Waals surface area (Å²) < 4.78 is 13.3. The summed E-state index contributed by atoms with van der Waals surface area (Å²) in [6.07, 6.45) is 1.59. The van der Waals surface area contributed by atoms with E-state index in [2.05, 4.69) is 24.9 Å². The summed E-state index contributed by atoms with van der Waals surface area (Å²) in [5, 5.41) is 0.569. The number of carbonyl (C=O) groups is 1. The predicted molar refractivity (Wildman–Crippen MR) is 148 cm³/mol. The molecule has 6 nitrogen and oxygen atoms in total. The summed E-state index contributed by atoms with van der Waals surface area (Å²) in [5.41, 5.74) is 4.42. The standard InChI is InChI=1S/C29H31ClN2O4S/c1-15(2)22-13-20(17(5)12-23(22)35-7)14-24-27(33)32-26(19-8-10-21(30)11-9-19)25(28(34)36-16(3)4)18(6)31-29(32)37-24/h8-16,26H,1-7H3. The van der Waals surface area contributed by atoms with E-state index in [1.807, 2.05) is 31.2 Å². The summed E-state index contributed by atoms with van der Waals surface area (Å²) in [7, 11) is 1.67. The van der Waals surface area contributed by atoms with Crippen molar-refractivity contribution in [1.29, 1.82) is 0 Å². The Morgan fingerprint density at radius 1 is 1.14 bits per heavy atom. The SMILES string of the molecule is COc1cc(C)c(C=c2sc3n(c2=O)C(c2ccc(Cl)cc2)C(C(=O)OC(C)C)=C(C)N=3)cc1C(C)C. The molecule has 0 saturated carbocycles. The Morgan fingerprint density at radius 2 is 1.81 bits per heavy atom. The molecule has 194 valence electrons. The van der Waals surface area contributed by atoms with E-state index in [-0.39, 0.29) is 17.6 Å². The summed E-state index contributed by atoms with van der Waals surface area (Å²) in [5.74, 6) is 0.599. The number of hydrogen-bond acceptors (Lipinski definition) is 6. The molecule has 37 heavy (non-hydrogen) atoms. The molecular weight excluding hydrogens is 508 g/mol. The second-order valence-electron chi connectivity index (χ2n) is 9.69. The summed E-state index contributed by atoms with van der Waals surface area (Å²) in [6, 6.07) is 10.6. The number of esters is 1. The number of aryl methyl sites for hydroxylation is 1. The van der Waals surface area contributed by atoms with Gasteiger partial charge in [-0.3, -0.25) is 9.36 Å². The van der Waals surface area contributed by atoms with E-state index in [0.717, 1.165) is 28.0 Å². The van der Waals surface area contributed by atoms with Gasteiger partial charge in [-0.15, -0.1) is 0 Å². The molecule has 8 heteroatoms. The molecule has 1 aromatic heterocycles. The first-order chi connectivity index (χ1) is 17.5. The summed E-state index contributed by atoms with van der Waals surface area (Å²) >= 11 is 7.45. The highest BCUT2D eigenvalue weighted by molar-refractivity contribution is 7.07. The Labute approximate surface area is 225 Å². The first-order valence-electron chi connectivity index (χ1n) is 12.2. The fourth-order valence-electron chi connectivity index (χ4n) is 4.46. The van der Waals surface area contributed by atoms with E-state index in [4.69, 9.17) is 21.1 Å². The monoisotopic (exact) mass is 538 g/mol. The zero-order valence-electron chi connectivity index (χ0n) is 22.1. The second kappa shape index (κ2) is 10.7. The molecule has 0 spiro atoms. The van der Waals surface area contributed by atoms with Crippen molar-refractivity contribution in [3.63, 3.8) is 0 Å². The molecule has 1 atom stereocenters. The van der Waals surface area contributed by atoms with Crippen molar-refractivity contribution in [2.45, 2.75) is 59.6 Å². The Hall–Kier alpha value is -3.16. The van der Waals surface area contributed by atoms with Gasteiger partial charge in [0.05, 0.1) is 35.1 Å². The third-order valence-electron chi connectivity index (χ3n) is 6.30. The fraction of sp³-hybridized carbons (Fsp3) is 0.345. The van der Waals surface area contributed by atoms with Crippen LogP contribution in [0, 0.1) is 6.92 Å². The van der Waals surface area contributed by atoms with Crippen molar-refractivity contribution >= 4 is 35.0 Å². The molecule has 1 unspecified atom stereocenters. The maximum absolute atomic E-state index is 13.9. The van der Waals surface area contributed by atoms with Gasteiger partial charge < -0.3 is 9.47 Å². The highest BCUT2D eigenvalue weighted by atomic mass is 35.5. The van der Waals surface area contributed by atoms with Crippen molar-refractivity contribution in [2.75, 3.05) is 7.11 Å². The number of halogens is 1. The fourth-order valence-corrected chi connectivity index (χ4v) is 5.62. The minimum Gasteiger partial charge on any atom is -0.496 e. The number of allylic oxidation sites excluding steroid dienone is 1. The van der Waals surface area contributed by atoms with Crippen molar-refractivity contribution in [2.24, 2.45) is 4.99 Å². The average Bonchev–Trinajstić information content (AvgIpc) is 3.13. The van der Waals surface area contributed by atoms with Crippen LogP contribution < -0.4 is 19.6 Å². The van der Waals surface area contributed by atoms with Gasteiger partial charge in [0, 0.05) is 5.02 Å². The van der Waals surface area contributed by atoms with Gasteiger partial charge in [-0.1, -0.05) is 48.9 Å². The van der Waals surface area contributed by atoms with Crippen LogP contribution in [0.3, 0.4) is 0 Å². The smallest absolute Gasteiger partial charge is 0.338 e. The van der Waals surface area contributed by atoms with Crippen LogP contribution in [0.15, 0.2) is 57.5 Å². The van der Waals surface area contributed by atoms with Gasteiger partial charge in [0.25, 0.3) is 5.56 Å². The third kappa shape index (κ3) is 5.29. The van der Waals surface area contributed by atoms with E-state index in [1.54, 1.807) is 44.6 Å². The topological polar surface area (TPSA) is 69.9 Å². The number of aromatic nitrogens is 1. The van der Waals surface area contributed by atoms with Gasteiger partial charge >= 0.3 is 5.97 Å². The number of benzene rings is 2. The molecular formula is C29H31ClN2O4S. The number of fused-ring (bicyclic) bond motifs is 1. The van der Waals surface area contributed by atoms with Gasteiger partial charge in [0.1, 0.15) is 5.75 Å². The molecule has 0 N–H and O–H groups in total. The molecule has 0 bridgehead atoms. The van der Waals surface area contributed by atoms with E-state index >= 15 is 0 Å². The van der Waals surface area contributed by atoms with Crippen LogP contribution in [0.4, 0.5) is 0 Å². The minimum absolute atomic E-state index is 0.215. The van der Waals surface area contributed by atoms with Gasteiger partial charge in [-0.05, 0) is 86.2 Å². The Morgan fingerprint density at radius 3 is 2.41 bits per heavy atom. The van der Waals surface area contributed by atoms with E-state index in [9.17, 15) is 9.59 Å². The van der Waals surface area contributed by atoms with E-state index in [0.29, 0.717) is 25.6 Å². The van der Waals surface area contributed by atoms with Crippen LogP contribution in [0.2, 0.25) is 5.02 Å². The van der Waals surface area contributed by atoms with Crippen molar-refractivity contribution in [1.82, 2.24) is 4.57 Å². The summed E-state index contributed by atoms with van der Waals surface area (Å²) in [6.45, 7) is 11.6. The van der Waals surface area contributed by atoms with Gasteiger partial charge in [0.15, 0.2) is 4.80 Å². The Bertz CT molecular complexity index is 1560. The Balaban J connectivity index is 1.95. The number of hydrogen-bond donors (Lipinski definition) is 0. The number of thiazole rings is 1. The van der Waals surface area contributed by atoms with Crippen LogP contribution in [0.25, 0.3) is 6.08 Å². The second-order valence-corrected chi connectivity index (χ2v) is 11.1. The molecule has 0 fully saturated rings. The highest BCUT2D eigenvalue weighted by Crippen LogP contribution is 2.32. The molecule has 0 radical (unpaired) electrons. The molecule has 1 aliphatic heterocycles. The molecule has 1 aliphatic rings. The van der Waals surface area contributed by atoms with Crippen LogP contribution >= 0.6 is 22.9 Å². The number of rotatable bonds is 6. The lowest BCUT2D eigenvalue weighted by Crippen LogP contribution is -2.40. The van der Waals surface area contributed by atoms with E-state index in [1.165, 1.54) is 11.3 Å². The molecule has 3 aromatic rings. The zero-order chi connectivity index (χ0) is 27.0. The molecule has 0 aliphatic carbocycles. The lowest BCUT2D eigenvalue weighted by atomic mass is 9.95. The highest BCUT2D eigenvalue weighted by Gasteiger charge is 2.33. The molecule has 4 rings (SSSR count). The number of methoxy groups -OCH3 is 1. The normalized spacial score (nSPS) is 15.7. The molecule has 0 saturated heterocycles. The molecule has 2 heterocycles. The van der Waals surface area contributed by atoms with E-state index < -0.39 is 12.0 Å². The zero-order valence-corrected chi connectivity index (χ0v) is 23.7. The Kier molecular flexibility index (Phi) is 7.76. The average molecular weight is 539 g/mol. The molecule has 0 amide bonds. The van der Waals surface area contributed by atoms with Gasteiger partial charge in [-0.2, -0.15) is 0 Å². The van der Waals surface area contributed by atoms with Crippen LogP contribution in [0.5, 0.6) is 5.75 Å². The van der Waals surface area contributed by atoms with Crippen LogP contribution in [-0.4, -0.2) is 23.8 Å². The quantitative estimate of drug-likeness (QED) is 0.400. The number of nitrogens with zero attached hydrogens (tertiary/aromatic N) is 2. The predicted octanol–water partition coefficient (Wildman–Crippen LogP) is 5.28. The molecule has 2 aromatic carbocycles. The van der Waals surface area contributed by atoms with Gasteiger partial charge in [-0.25, -0.2) is 9.79 Å². The third-order valence-corrected chi connectivity index (χ3v) is 7.53. The first-order valence-corrected chi connectivity index (χ1v) is 13.4. The van der Waals surface area contributed by atoms with Crippen LogP contribution in [-0.2, 0) is 9.53 Å². The maximum atomic E-state index is 13.9. The number of carbonyl (C=O) groups excluding carboxylic acids is 1. The van der Waals surface area contributed by atoms with Crippen molar-refractivity contribution in [3.8, 4) is 5.75 Å². The van der Waals surface area contributed by atoms with Crippen molar-refractivity contribution in [3.05, 3.63) is 94.6 Å². The first kappa shape index (κ1) is 26.9. The van der Waals surface area contributed by atoms with Crippen LogP contribution in [0.1, 0.15) is 68.8 Å². The van der Waals surface area contributed by atoms with Crippen molar-refractivity contribution < 1.29 is 14.3 Å². The lowest BCUT2D eigenvalue weighted by molar-refractivity contribution is -0.143. The number of ether oxygens (including phenoxy) is 2. The van der Waals surface area contributed by atoms with Gasteiger partial charge in [0.2, 0.25) is 0 Å². The maximum Gasteiger partial charge on any atom is 0.338 e. The lowest BCUT2D eigenvalue weighted by Gasteiger charge is -2.25. The minimum atomic E-state index is -0.676. The largest absolute Gasteiger partial charge is 0.496 e. The summed E-state index contributed by atoms with van der Waals surface area (Å²) in [4.78, 5) is 32.3.